The maximum absolute atomic E-state index is 8.78. The second kappa shape index (κ2) is 5.85. The van der Waals surface area contributed by atoms with Crippen molar-refractivity contribution in [1.82, 2.24) is 4.98 Å². The molecular weight excluding hydrogens is 194 g/mol. The van der Waals surface area contributed by atoms with E-state index in [9.17, 15) is 0 Å². The van der Waals surface area contributed by atoms with Crippen molar-refractivity contribution in [2.45, 2.75) is 26.3 Å². The standard InChI is InChI=1S/C9H14N2.CH3NO2/c1-9(2,3)11-8-5-4-6-10-7-8;2-1(3)4/h4-7,11H,1-3H3;2H2,(H,3,4). The monoisotopic (exact) mass is 211 g/mol. The van der Waals surface area contributed by atoms with E-state index in [1.54, 1.807) is 6.20 Å². The number of hydrogen-bond donors (Lipinski definition) is 3. The number of hydrogen-bond acceptors (Lipinski definition) is 3. The van der Waals surface area contributed by atoms with Crippen molar-refractivity contribution < 1.29 is 9.90 Å². The first-order valence-electron chi connectivity index (χ1n) is 4.48. The van der Waals surface area contributed by atoms with Gasteiger partial charge in [0.2, 0.25) is 0 Å². The third kappa shape index (κ3) is 10.1. The molecule has 0 saturated heterocycles. The van der Waals surface area contributed by atoms with Gasteiger partial charge < -0.3 is 16.2 Å². The van der Waals surface area contributed by atoms with Crippen molar-refractivity contribution in [3.05, 3.63) is 24.5 Å². The lowest BCUT2D eigenvalue weighted by molar-refractivity contribution is 0.205. The van der Waals surface area contributed by atoms with E-state index in [4.69, 9.17) is 9.90 Å². The number of nitrogens with two attached hydrogens (primary N) is 1. The molecule has 0 aliphatic heterocycles. The lowest BCUT2D eigenvalue weighted by Crippen LogP contribution is -2.25. The highest BCUT2D eigenvalue weighted by Gasteiger charge is 2.07. The Hall–Kier alpha value is -1.78. The molecule has 0 spiro atoms. The average Bonchev–Trinajstić information content (AvgIpc) is 2.01. The number of nitrogens with zero attached hydrogens (tertiary/aromatic N) is 1. The third-order valence-electron chi connectivity index (χ3n) is 1.18. The van der Waals surface area contributed by atoms with Gasteiger partial charge in [-0.05, 0) is 32.9 Å². The molecule has 0 radical (unpaired) electrons. The molecule has 1 aromatic heterocycles. The first-order valence-corrected chi connectivity index (χ1v) is 4.48. The van der Waals surface area contributed by atoms with Crippen LogP contribution >= 0.6 is 0 Å². The fourth-order valence-corrected chi connectivity index (χ4v) is 0.870. The van der Waals surface area contributed by atoms with Gasteiger partial charge in [0, 0.05) is 17.9 Å². The minimum absolute atomic E-state index is 0.114. The number of amides is 1. The lowest BCUT2D eigenvalue weighted by atomic mass is 10.1. The smallest absolute Gasteiger partial charge is 0.402 e. The molecule has 1 rings (SSSR count). The molecule has 1 amide bonds. The van der Waals surface area contributed by atoms with Crippen molar-refractivity contribution in [3.8, 4) is 0 Å². The van der Waals surface area contributed by atoms with Crippen LogP contribution in [-0.2, 0) is 0 Å². The average molecular weight is 211 g/mol. The first kappa shape index (κ1) is 13.2. The van der Waals surface area contributed by atoms with E-state index < -0.39 is 6.09 Å². The summed E-state index contributed by atoms with van der Waals surface area (Å²) in [6.45, 7) is 6.38. The molecule has 0 aliphatic carbocycles. The Kier molecular flexibility index (Phi) is 5.15. The predicted molar refractivity (Wildman–Crippen MR) is 59.8 cm³/mol. The van der Waals surface area contributed by atoms with Gasteiger partial charge in [0.15, 0.2) is 0 Å². The highest BCUT2D eigenvalue weighted by molar-refractivity contribution is 5.61. The van der Waals surface area contributed by atoms with Crippen molar-refractivity contribution in [1.29, 1.82) is 0 Å². The second-order valence-corrected chi connectivity index (χ2v) is 3.95. The maximum Gasteiger partial charge on any atom is 0.402 e. The van der Waals surface area contributed by atoms with Crippen molar-refractivity contribution >= 4 is 11.8 Å². The van der Waals surface area contributed by atoms with Crippen molar-refractivity contribution in [3.63, 3.8) is 0 Å². The van der Waals surface area contributed by atoms with Crippen LogP contribution in [0, 0.1) is 0 Å². The molecule has 0 aliphatic rings. The SMILES string of the molecule is CC(C)(C)Nc1cccnc1.NC(=O)O. The summed E-state index contributed by atoms with van der Waals surface area (Å²) < 4.78 is 0. The molecule has 1 aromatic rings. The van der Waals surface area contributed by atoms with Gasteiger partial charge >= 0.3 is 6.09 Å². The number of pyridine rings is 1. The Labute approximate surface area is 89.3 Å². The van der Waals surface area contributed by atoms with Crippen LogP contribution in [0.4, 0.5) is 10.5 Å². The first-order chi connectivity index (χ1) is 6.81. The highest BCUT2D eigenvalue weighted by Crippen LogP contribution is 2.11. The van der Waals surface area contributed by atoms with Crippen molar-refractivity contribution in [2.75, 3.05) is 5.32 Å². The fourth-order valence-electron chi connectivity index (χ4n) is 0.870. The molecule has 5 nitrogen and oxygen atoms in total. The molecule has 1 heterocycles. The number of nitrogens with one attached hydrogen (secondary N) is 1. The van der Waals surface area contributed by atoms with Crippen LogP contribution in [0.2, 0.25) is 0 Å². The predicted octanol–water partition coefficient (Wildman–Crippen LogP) is 1.92. The van der Waals surface area contributed by atoms with Gasteiger partial charge in [-0.3, -0.25) is 4.98 Å². The number of anilines is 1. The molecule has 0 aromatic carbocycles. The minimum Gasteiger partial charge on any atom is -0.465 e. The third-order valence-corrected chi connectivity index (χ3v) is 1.18. The molecule has 0 bridgehead atoms. The molecule has 0 unspecified atom stereocenters. The van der Waals surface area contributed by atoms with Gasteiger partial charge in [0.1, 0.15) is 0 Å². The molecule has 0 saturated carbocycles. The summed E-state index contributed by atoms with van der Waals surface area (Å²) in [6.07, 6.45) is 2.26. The Balaban J connectivity index is 0.000000423. The van der Waals surface area contributed by atoms with E-state index in [1.165, 1.54) is 0 Å². The zero-order chi connectivity index (χ0) is 11.9. The number of rotatable bonds is 1. The Morgan fingerprint density at radius 1 is 1.53 bits per heavy atom. The number of carboxylic acid groups (broad SMARTS) is 1. The maximum atomic E-state index is 8.78. The zero-order valence-electron chi connectivity index (χ0n) is 9.19. The number of primary amides is 1. The Morgan fingerprint density at radius 2 is 2.07 bits per heavy atom. The summed E-state index contributed by atoms with van der Waals surface area (Å²) in [4.78, 5) is 12.8. The quantitative estimate of drug-likeness (QED) is 0.662. The van der Waals surface area contributed by atoms with Crippen LogP contribution in [-0.4, -0.2) is 21.7 Å². The molecule has 84 valence electrons. The normalized spacial score (nSPS) is 9.80. The van der Waals surface area contributed by atoms with Gasteiger partial charge in [-0.25, -0.2) is 4.79 Å². The fraction of sp³-hybridized carbons (Fsp3) is 0.400. The van der Waals surface area contributed by atoms with E-state index in [0.29, 0.717) is 0 Å². The van der Waals surface area contributed by atoms with Gasteiger partial charge in [-0.1, -0.05) is 0 Å². The summed E-state index contributed by atoms with van der Waals surface area (Å²) in [5, 5.41) is 10.5. The topological polar surface area (TPSA) is 88.2 Å². The zero-order valence-corrected chi connectivity index (χ0v) is 9.19. The molecular formula is C10H17N3O2. The summed E-state index contributed by atoms with van der Waals surface area (Å²) in [5.41, 5.74) is 5.21. The van der Waals surface area contributed by atoms with E-state index in [1.807, 2.05) is 18.3 Å². The van der Waals surface area contributed by atoms with Gasteiger partial charge in [-0.15, -0.1) is 0 Å². The van der Waals surface area contributed by atoms with Crippen LogP contribution in [0.15, 0.2) is 24.5 Å². The van der Waals surface area contributed by atoms with Gasteiger partial charge in [0.25, 0.3) is 0 Å². The molecule has 0 fully saturated rings. The van der Waals surface area contributed by atoms with Crippen LogP contribution < -0.4 is 11.1 Å². The molecule has 4 N–H and O–H groups in total. The van der Waals surface area contributed by atoms with Crippen LogP contribution in [0.5, 0.6) is 0 Å². The van der Waals surface area contributed by atoms with E-state index in [0.717, 1.165) is 5.69 Å². The van der Waals surface area contributed by atoms with Crippen LogP contribution in [0.3, 0.4) is 0 Å². The van der Waals surface area contributed by atoms with Crippen molar-refractivity contribution in [2.24, 2.45) is 5.73 Å². The molecule has 0 atom stereocenters. The minimum atomic E-state index is -1.33. The number of carbonyl (C=O) groups is 1. The van der Waals surface area contributed by atoms with Crippen LogP contribution in [0.25, 0.3) is 0 Å². The largest absolute Gasteiger partial charge is 0.465 e. The summed E-state index contributed by atoms with van der Waals surface area (Å²) in [5.74, 6) is 0. The van der Waals surface area contributed by atoms with Gasteiger partial charge in [-0.2, -0.15) is 0 Å². The second-order valence-electron chi connectivity index (χ2n) is 3.95. The number of aromatic nitrogens is 1. The van der Waals surface area contributed by atoms with Gasteiger partial charge in [0.05, 0.1) is 5.69 Å². The van der Waals surface area contributed by atoms with E-state index in [-0.39, 0.29) is 5.54 Å². The molecule has 5 heteroatoms. The molecule has 15 heavy (non-hydrogen) atoms. The summed E-state index contributed by atoms with van der Waals surface area (Å²) >= 11 is 0. The Morgan fingerprint density at radius 3 is 2.40 bits per heavy atom. The van der Waals surface area contributed by atoms with E-state index in [2.05, 4.69) is 36.8 Å². The highest BCUT2D eigenvalue weighted by atomic mass is 16.4. The lowest BCUT2D eigenvalue weighted by Gasteiger charge is -2.21. The summed E-state index contributed by atoms with van der Waals surface area (Å²) in [7, 11) is 0. The van der Waals surface area contributed by atoms with Crippen LogP contribution in [0.1, 0.15) is 20.8 Å². The summed E-state index contributed by atoms with van der Waals surface area (Å²) in [6, 6.07) is 3.94. The van der Waals surface area contributed by atoms with E-state index >= 15 is 0 Å². The Bertz CT molecular complexity index is 289.